The van der Waals surface area contributed by atoms with Crippen LogP contribution in [0.2, 0.25) is 0 Å². The molecule has 0 fully saturated rings. The summed E-state index contributed by atoms with van der Waals surface area (Å²) in [6, 6.07) is 3.39. The molecule has 0 aromatic heterocycles. The van der Waals surface area contributed by atoms with Crippen molar-refractivity contribution in [2.24, 2.45) is 0 Å². The van der Waals surface area contributed by atoms with E-state index < -0.39 is 11.8 Å². The third-order valence-electron chi connectivity index (χ3n) is 1.45. The fourth-order valence-corrected chi connectivity index (χ4v) is 0.958. The van der Waals surface area contributed by atoms with Crippen LogP contribution in [0.5, 0.6) is 11.5 Å². The van der Waals surface area contributed by atoms with Gasteiger partial charge in [-0.2, -0.15) is 0 Å². The Kier molecular flexibility index (Phi) is 2.71. The first-order valence-electron chi connectivity index (χ1n) is 3.84. The van der Waals surface area contributed by atoms with Crippen LogP contribution in [0.15, 0.2) is 18.2 Å². The molecule has 5 heteroatoms. The molecule has 0 unspecified atom stereocenters. The van der Waals surface area contributed by atoms with E-state index in [1.165, 1.54) is 6.92 Å². The van der Waals surface area contributed by atoms with Crippen molar-refractivity contribution in [2.45, 2.75) is 6.92 Å². The lowest BCUT2D eigenvalue weighted by atomic mass is 10.2. The minimum Gasteiger partial charge on any atom is -0.508 e. The number of aromatic hydroxyl groups is 2. The third-order valence-corrected chi connectivity index (χ3v) is 1.45. The summed E-state index contributed by atoms with van der Waals surface area (Å²) >= 11 is 0. The van der Waals surface area contributed by atoms with E-state index >= 15 is 0 Å². The van der Waals surface area contributed by atoms with Gasteiger partial charge in [-0.3, -0.25) is 14.9 Å². The van der Waals surface area contributed by atoms with Crippen molar-refractivity contribution in [1.82, 2.24) is 5.32 Å². The van der Waals surface area contributed by atoms with E-state index in [0.717, 1.165) is 18.2 Å². The lowest BCUT2D eigenvalue weighted by Gasteiger charge is -2.02. The number of benzene rings is 1. The molecular weight excluding hydrogens is 186 g/mol. The minimum absolute atomic E-state index is 0.0256. The van der Waals surface area contributed by atoms with Crippen LogP contribution < -0.4 is 5.32 Å². The molecule has 0 aliphatic rings. The van der Waals surface area contributed by atoms with Crippen LogP contribution in [0, 0.1) is 0 Å². The van der Waals surface area contributed by atoms with Crippen LogP contribution in [0.25, 0.3) is 0 Å². The molecule has 0 atom stereocenters. The summed E-state index contributed by atoms with van der Waals surface area (Å²) in [5.41, 5.74) is 0.0256. The summed E-state index contributed by atoms with van der Waals surface area (Å²) in [6.07, 6.45) is 0. The number of nitrogens with one attached hydrogen (secondary N) is 1. The molecule has 0 bridgehead atoms. The Labute approximate surface area is 80.0 Å². The molecule has 0 saturated carbocycles. The smallest absolute Gasteiger partial charge is 0.258 e. The standard InChI is InChI=1S/C9H9NO4/c1-5(11)10-9(14)6-2-7(12)4-8(13)3-6/h2-4,12-13H,1H3,(H,10,11,14). The van der Waals surface area contributed by atoms with Gasteiger partial charge in [-0.05, 0) is 12.1 Å². The summed E-state index contributed by atoms with van der Waals surface area (Å²) in [4.78, 5) is 21.7. The highest BCUT2D eigenvalue weighted by atomic mass is 16.3. The second-order valence-electron chi connectivity index (χ2n) is 2.75. The lowest BCUT2D eigenvalue weighted by molar-refractivity contribution is -0.118. The zero-order chi connectivity index (χ0) is 10.7. The summed E-state index contributed by atoms with van der Waals surface area (Å²) in [7, 11) is 0. The van der Waals surface area contributed by atoms with E-state index in [1.54, 1.807) is 0 Å². The van der Waals surface area contributed by atoms with Gasteiger partial charge in [0.15, 0.2) is 0 Å². The number of rotatable bonds is 1. The summed E-state index contributed by atoms with van der Waals surface area (Å²) < 4.78 is 0. The number of phenolic OH excluding ortho intramolecular Hbond substituents is 2. The van der Waals surface area contributed by atoms with E-state index in [9.17, 15) is 9.59 Å². The molecule has 0 spiro atoms. The van der Waals surface area contributed by atoms with E-state index in [4.69, 9.17) is 10.2 Å². The molecular formula is C9H9NO4. The number of phenols is 2. The molecule has 74 valence electrons. The quantitative estimate of drug-likeness (QED) is 0.604. The molecule has 0 radical (unpaired) electrons. The molecule has 1 rings (SSSR count). The molecule has 1 aromatic rings. The van der Waals surface area contributed by atoms with Gasteiger partial charge in [0.2, 0.25) is 5.91 Å². The number of hydrogen-bond acceptors (Lipinski definition) is 4. The number of hydrogen-bond donors (Lipinski definition) is 3. The molecule has 2 amide bonds. The number of imide groups is 1. The first-order chi connectivity index (χ1) is 6.49. The van der Waals surface area contributed by atoms with Crippen LogP contribution in [-0.4, -0.2) is 22.0 Å². The Morgan fingerprint density at radius 1 is 1.14 bits per heavy atom. The Bertz CT molecular complexity index is 366. The molecule has 0 heterocycles. The van der Waals surface area contributed by atoms with Crippen molar-refractivity contribution >= 4 is 11.8 Å². The van der Waals surface area contributed by atoms with Crippen LogP contribution in [0.1, 0.15) is 17.3 Å². The zero-order valence-corrected chi connectivity index (χ0v) is 7.44. The van der Waals surface area contributed by atoms with Crippen LogP contribution in [0.3, 0.4) is 0 Å². The lowest BCUT2D eigenvalue weighted by Crippen LogP contribution is -2.27. The third kappa shape index (κ3) is 2.48. The summed E-state index contributed by atoms with van der Waals surface area (Å²) in [6.45, 7) is 1.19. The van der Waals surface area contributed by atoms with Crippen LogP contribution in [0.4, 0.5) is 0 Å². The average Bonchev–Trinajstić information content (AvgIpc) is 2.00. The monoisotopic (exact) mass is 195 g/mol. The maximum atomic E-state index is 11.2. The SMILES string of the molecule is CC(=O)NC(=O)c1cc(O)cc(O)c1. The fourth-order valence-electron chi connectivity index (χ4n) is 0.958. The second-order valence-corrected chi connectivity index (χ2v) is 2.75. The molecule has 5 nitrogen and oxygen atoms in total. The van der Waals surface area contributed by atoms with Gasteiger partial charge in [-0.15, -0.1) is 0 Å². The predicted octanol–water partition coefficient (Wildman–Crippen LogP) is 0.374. The molecule has 3 N–H and O–H groups in total. The highest BCUT2D eigenvalue weighted by molar-refractivity contribution is 6.04. The first kappa shape index (κ1) is 10.0. The van der Waals surface area contributed by atoms with Gasteiger partial charge in [0, 0.05) is 18.6 Å². The van der Waals surface area contributed by atoms with Gasteiger partial charge >= 0.3 is 0 Å². The van der Waals surface area contributed by atoms with Gasteiger partial charge in [-0.1, -0.05) is 0 Å². The fraction of sp³-hybridized carbons (Fsp3) is 0.111. The van der Waals surface area contributed by atoms with Gasteiger partial charge in [0.05, 0.1) is 0 Å². The van der Waals surface area contributed by atoms with E-state index in [2.05, 4.69) is 0 Å². The summed E-state index contributed by atoms with van der Waals surface area (Å²) in [5.74, 6) is -1.64. The number of amides is 2. The van der Waals surface area contributed by atoms with E-state index in [-0.39, 0.29) is 17.1 Å². The second kappa shape index (κ2) is 3.78. The van der Waals surface area contributed by atoms with Crippen molar-refractivity contribution in [3.05, 3.63) is 23.8 Å². The zero-order valence-electron chi connectivity index (χ0n) is 7.44. The summed E-state index contributed by atoms with van der Waals surface area (Å²) in [5, 5.41) is 20.1. The van der Waals surface area contributed by atoms with Gasteiger partial charge in [0.25, 0.3) is 5.91 Å². The highest BCUT2D eigenvalue weighted by Gasteiger charge is 2.09. The first-order valence-corrected chi connectivity index (χ1v) is 3.84. The van der Waals surface area contributed by atoms with E-state index in [0.29, 0.717) is 0 Å². The topological polar surface area (TPSA) is 86.6 Å². The Hall–Kier alpha value is -2.04. The number of carbonyl (C=O) groups is 2. The van der Waals surface area contributed by atoms with Crippen molar-refractivity contribution in [3.8, 4) is 11.5 Å². The van der Waals surface area contributed by atoms with Crippen LogP contribution >= 0.6 is 0 Å². The van der Waals surface area contributed by atoms with Crippen LogP contribution in [-0.2, 0) is 4.79 Å². The Morgan fingerprint density at radius 3 is 2.07 bits per heavy atom. The Balaban J connectivity index is 2.95. The largest absolute Gasteiger partial charge is 0.508 e. The Morgan fingerprint density at radius 2 is 1.64 bits per heavy atom. The van der Waals surface area contributed by atoms with Gasteiger partial charge in [0.1, 0.15) is 11.5 Å². The van der Waals surface area contributed by atoms with Gasteiger partial charge in [-0.25, -0.2) is 0 Å². The molecule has 14 heavy (non-hydrogen) atoms. The average molecular weight is 195 g/mol. The van der Waals surface area contributed by atoms with Gasteiger partial charge < -0.3 is 10.2 Å². The highest BCUT2D eigenvalue weighted by Crippen LogP contribution is 2.20. The number of carbonyl (C=O) groups excluding carboxylic acids is 2. The maximum Gasteiger partial charge on any atom is 0.258 e. The van der Waals surface area contributed by atoms with Crippen molar-refractivity contribution < 1.29 is 19.8 Å². The minimum atomic E-state index is -0.663. The molecule has 0 aliphatic carbocycles. The predicted molar refractivity (Wildman–Crippen MR) is 47.9 cm³/mol. The molecule has 1 aromatic carbocycles. The van der Waals surface area contributed by atoms with Crippen molar-refractivity contribution in [3.63, 3.8) is 0 Å². The normalized spacial score (nSPS) is 9.50. The molecule has 0 aliphatic heterocycles. The van der Waals surface area contributed by atoms with Crippen molar-refractivity contribution in [2.75, 3.05) is 0 Å². The van der Waals surface area contributed by atoms with E-state index in [1.807, 2.05) is 5.32 Å². The van der Waals surface area contributed by atoms with Crippen molar-refractivity contribution in [1.29, 1.82) is 0 Å². The molecule has 0 saturated heterocycles. The maximum absolute atomic E-state index is 11.2.